The molecule has 0 unspecified atom stereocenters. The fourth-order valence-corrected chi connectivity index (χ4v) is 4.47. The fraction of sp³-hybridized carbons (Fsp3) is 0.200. The number of rotatable bonds is 10. The Labute approximate surface area is 203 Å². The molecule has 0 atom stereocenters. The minimum atomic E-state index is -4.10. The van der Waals surface area contributed by atoms with Crippen LogP contribution in [0.2, 0.25) is 0 Å². The van der Waals surface area contributed by atoms with Crippen molar-refractivity contribution in [3.05, 3.63) is 65.5 Å². The van der Waals surface area contributed by atoms with Gasteiger partial charge in [0.2, 0.25) is 5.75 Å². The van der Waals surface area contributed by atoms with Crippen molar-refractivity contribution in [2.45, 2.75) is 4.90 Å². The molecule has 8 nitrogen and oxygen atoms in total. The number of halogens is 1. The Bertz CT molecular complexity index is 1310. The van der Waals surface area contributed by atoms with Crippen molar-refractivity contribution in [1.82, 2.24) is 0 Å². The first kappa shape index (κ1) is 25.7. The third-order valence-electron chi connectivity index (χ3n) is 5.01. The molecule has 0 saturated heterocycles. The van der Waals surface area contributed by atoms with Crippen molar-refractivity contribution in [2.75, 3.05) is 40.3 Å². The molecule has 3 aromatic rings. The van der Waals surface area contributed by atoms with Crippen molar-refractivity contribution in [2.24, 2.45) is 0 Å². The maximum atomic E-state index is 13.6. The van der Waals surface area contributed by atoms with Crippen LogP contribution in [0.25, 0.3) is 12.2 Å². The lowest BCUT2D eigenvalue weighted by molar-refractivity contribution is 0.324. The summed E-state index contributed by atoms with van der Waals surface area (Å²) in [4.78, 5) is -0.225. The lowest BCUT2D eigenvalue weighted by atomic mass is 10.1. The molecule has 0 spiro atoms. The number of benzene rings is 3. The summed E-state index contributed by atoms with van der Waals surface area (Å²) < 4.78 is 68.7. The van der Waals surface area contributed by atoms with Crippen molar-refractivity contribution in [3.63, 3.8) is 0 Å². The monoisotopic (exact) mass is 503 g/mol. The number of sulfonamides is 1. The second-order valence-corrected chi connectivity index (χ2v) is 8.84. The highest BCUT2D eigenvalue weighted by Gasteiger charge is 2.20. The minimum absolute atomic E-state index is 0.126. The number of nitrogens with one attached hydrogen (secondary N) is 1. The van der Waals surface area contributed by atoms with Crippen LogP contribution in [0.4, 0.5) is 10.1 Å². The quantitative estimate of drug-likeness (QED) is 0.396. The summed E-state index contributed by atoms with van der Waals surface area (Å²) in [6.45, 7) is 0. The number of methoxy groups -OCH3 is 5. The van der Waals surface area contributed by atoms with Crippen LogP contribution in [-0.2, 0) is 10.0 Å². The predicted molar refractivity (Wildman–Crippen MR) is 132 cm³/mol. The van der Waals surface area contributed by atoms with Gasteiger partial charge in [-0.25, -0.2) is 12.8 Å². The average molecular weight is 504 g/mol. The maximum absolute atomic E-state index is 13.6. The first-order valence-electron chi connectivity index (χ1n) is 10.3. The third kappa shape index (κ3) is 5.78. The van der Waals surface area contributed by atoms with Crippen LogP contribution in [0.5, 0.6) is 28.7 Å². The van der Waals surface area contributed by atoms with Gasteiger partial charge in [0.1, 0.15) is 5.82 Å². The van der Waals surface area contributed by atoms with Crippen LogP contribution < -0.4 is 28.4 Å². The van der Waals surface area contributed by atoms with E-state index in [4.69, 9.17) is 23.7 Å². The molecule has 0 saturated carbocycles. The molecule has 10 heteroatoms. The second kappa shape index (κ2) is 11.0. The average Bonchev–Trinajstić information content (AvgIpc) is 2.86. The molecular weight excluding hydrogens is 477 g/mol. The first-order chi connectivity index (χ1) is 16.8. The van der Waals surface area contributed by atoms with Crippen LogP contribution in [-0.4, -0.2) is 44.0 Å². The van der Waals surface area contributed by atoms with E-state index in [2.05, 4.69) is 4.72 Å². The normalized spacial score (nSPS) is 11.3. The van der Waals surface area contributed by atoms with Gasteiger partial charge in [-0.1, -0.05) is 18.2 Å². The van der Waals surface area contributed by atoms with E-state index >= 15 is 0 Å². The standard InChI is InChI=1S/C25H26FNO7S/c1-30-21-12-16(9-10-17-13-22(31-2)25(34-5)23(14-17)32-3)11-20(24(21)33-4)27-35(28,29)19-8-6-7-18(26)15-19/h6-15,27H,1-5H3/b10-9-. The summed E-state index contributed by atoms with van der Waals surface area (Å²) >= 11 is 0. The van der Waals surface area contributed by atoms with Gasteiger partial charge in [0.15, 0.2) is 23.0 Å². The van der Waals surface area contributed by atoms with Crippen molar-refractivity contribution in [1.29, 1.82) is 0 Å². The molecule has 186 valence electrons. The Hall–Kier alpha value is -3.92. The van der Waals surface area contributed by atoms with E-state index in [-0.39, 0.29) is 16.3 Å². The minimum Gasteiger partial charge on any atom is -0.493 e. The molecule has 35 heavy (non-hydrogen) atoms. The van der Waals surface area contributed by atoms with Gasteiger partial charge in [0, 0.05) is 0 Å². The molecule has 0 radical (unpaired) electrons. The molecule has 0 fully saturated rings. The fourth-order valence-electron chi connectivity index (χ4n) is 3.39. The summed E-state index contributed by atoms with van der Waals surface area (Å²) in [5, 5.41) is 0. The molecule has 0 bridgehead atoms. The van der Waals surface area contributed by atoms with Gasteiger partial charge in [-0.2, -0.15) is 0 Å². The number of hydrogen-bond acceptors (Lipinski definition) is 7. The van der Waals surface area contributed by atoms with Crippen LogP contribution in [0, 0.1) is 5.82 Å². The summed E-state index contributed by atoms with van der Waals surface area (Å²) in [5.74, 6) is 1.25. The van der Waals surface area contributed by atoms with E-state index in [1.165, 1.54) is 47.7 Å². The highest BCUT2D eigenvalue weighted by atomic mass is 32.2. The molecule has 0 aliphatic carbocycles. The van der Waals surface area contributed by atoms with Crippen molar-refractivity contribution >= 4 is 27.9 Å². The highest BCUT2D eigenvalue weighted by Crippen LogP contribution is 2.40. The van der Waals surface area contributed by atoms with Gasteiger partial charge in [0.05, 0.1) is 46.1 Å². The first-order valence-corrected chi connectivity index (χ1v) is 11.8. The van der Waals surface area contributed by atoms with Gasteiger partial charge >= 0.3 is 0 Å². The molecular formula is C25H26FNO7S. The largest absolute Gasteiger partial charge is 0.493 e. The van der Waals surface area contributed by atoms with Gasteiger partial charge in [-0.3, -0.25) is 4.72 Å². The van der Waals surface area contributed by atoms with Gasteiger partial charge in [-0.15, -0.1) is 0 Å². The van der Waals surface area contributed by atoms with Crippen molar-refractivity contribution in [3.8, 4) is 28.7 Å². The number of anilines is 1. The third-order valence-corrected chi connectivity index (χ3v) is 6.37. The van der Waals surface area contributed by atoms with E-state index < -0.39 is 15.8 Å². The zero-order valence-electron chi connectivity index (χ0n) is 19.9. The molecule has 0 aliphatic rings. The van der Waals surface area contributed by atoms with Crippen LogP contribution in [0.1, 0.15) is 11.1 Å². The zero-order chi connectivity index (χ0) is 25.6. The lowest BCUT2D eigenvalue weighted by Crippen LogP contribution is -2.14. The van der Waals surface area contributed by atoms with Gasteiger partial charge < -0.3 is 23.7 Å². The second-order valence-electron chi connectivity index (χ2n) is 7.16. The summed E-state index contributed by atoms with van der Waals surface area (Å²) in [7, 11) is 3.30. The predicted octanol–water partition coefficient (Wildman–Crippen LogP) is 4.84. The van der Waals surface area contributed by atoms with Gasteiger partial charge in [0.25, 0.3) is 10.0 Å². The van der Waals surface area contributed by atoms with Crippen LogP contribution in [0.15, 0.2) is 53.4 Å². The Balaban J connectivity index is 2.03. The lowest BCUT2D eigenvalue weighted by Gasteiger charge is -2.16. The van der Waals surface area contributed by atoms with E-state index in [1.807, 2.05) is 0 Å². The Morgan fingerprint density at radius 3 is 1.71 bits per heavy atom. The molecule has 3 rings (SSSR count). The molecule has 0 aliphatic heterocycles. The van der Waals surface area contributed by atoms with E-state index in [0.29, 0.717) is 28.6 Å². The van der Waals surface area contributed by atoms with E-state index in [9.17, 15) is 12.8 Å². The maximum Gasteiger partial charge on any atom is 0.262 e. The highest BCUT2D eigenvalue weighted by molar-refractivity contribution is 7.92. The Kier molecular flexibility index (Phi) is 8.08. The Morgan fingerprint density at radius 1 is 0.714 bits per heavy atom. The van der Waals surface area contributed by atoms with Crippen molar-refractivity contribution < 1.29 is 36.5 Å². The molecule has 3 aromatic carbocycles. The molecule has 0 aromatic heterocycles. The van der Waals surface area contributed by atoms with Gasteiger partial charge in [-0.05, 0) is 53.6 Å². The van der Waals surface area contributed by atoms with E-state index in [1.54, 1.807) is 36.4 Å². The number of hydrogen-bond donors (Lipinski definition) is 1. The SMILES string of the molecule is COc1cc(/C=C\c2cc(OC)c(OC)c(OC)c2)cc(NS(=O)(=O)c2cccc(F)c2)c1OC. The topological polar surface area (TPSA) is 92.3 Å². The number of ether oxygens (including phenoxy) is 5. The van der Waals surface area contributed by atoms with Crippen LogP contribution >= 0.6 is 0 Å². The molecule has 0 amide bonds. The molecule has 1 N–H and O–H groups in total. The summed E-state index contributed by atoms with van der Waals surface area (Å²) in [6, 6.07) is 11.5. The molecule has 0 heterocycles. The zero-order valence-corrected chi connectivity index (χ0v) is 20.7. The summed E-state index contributed by atoms with van der Waals surface area (Å²) in [6.07, 6.45) is 3.54. The Morgan fingerprint density at radius 2 is 1.23 bits per heavy atom. The van der Waals surface area contributed by atoms with Crippen LogP contribution in [0.3, 0.4) is 0 Å². The smallest absolute Gasteiger partial charge is 0.262 e. The van der Waals surface area contributed by atoms with E-state index in [0.717, 1.165) is 17.7 Å². The summed E-state index contributed by atoms with van der Waals surface area (Å²) in [5.41, 5.74) is 1.48.